The Balaban J connectivity index is 2.78. The van der Waals surface area contributed by atoms with E-state index in [0.717, 1.165) is 23.7 Å². The van der Waals surface area contributed by atoms with Crippen LogP contribution in [0, 0.1) is 0 Å². The van der Waals surface area contributed by atoms with Crippen LogP contribution in [0.15, 0.2) is 30.3 Å². The molecule has 0 atom stereocenters. The summed E-state index contributed by atoms with van der Waals surface area (Å²) in [4.78, 5) is 11.0. The maximum Gasteiger partial charge on any atom is 0.330 e. The van der Waals surface area contributed by atoms with Gasteiger partial charge in [-0.1, -0.05) is 40.2 Å². The molecule has 0 aromatic heterocycles. The van der Waals surface area contributed by atoms with Gasteiger partial charge in [-0.25, -0.2) is 4.79 Å². The third kappa shape index (κ3) is 4.19. The summed E-state index contributed by atoms with van der Waals surface area (Å²) in [5, 5.41) is 0.988. The molecule has 0 aliphatic carbocycles. The van der Waals surface area contributed by atoms with Crippen molar-refractivity contribution in [2.75, 3.05) is 12.4 Å². The molecule has 0 radical (unpaired) electrons. The number of methoxy groups -OCH3 is 1. The Labute approximate surface area is 104 Å². The van der Waals surface area contributed by atoms with Crippen molar-refractivity contribution >= 4 is 28.0 Å². The minimum atomic E-state index is -0.324. The Morgan fingerprint density at radius 1 is 1.44 bits per heavy atom. The molecular weight excluding hydrogens is 268 g/mol. The number of esters is 1. The van der Waals surface area contributed by atoms with Crippen LogP contribution in [-0.2, 0) is 16.0 Å². The normalized spacial score (nSPS) is 10.6. The van der Waals surface area contributed by atoms with Crippen LogP contribution in [0.4, 0.5) is 0 Å². The van der Waals surface area contributed by atoms with Gasteiger partial charge in [-0.3, -0.25) is 0 Å². The molecule has 0 saturated carbocycles. The molecule has 0 saturated heterocycles. The van der Waals surface area contributed by atoms with Crippen molar-refractivity contribution in [2.45, 2.75) is 12.8 Å². The quantitative estimate of drug-likeness (QED) is 0.471. The SMILES string of the molecule is COC(=O)/C=C/c1ccccc1CCCBr. The highest BCUT2D eigenvalue weighted by molar-refractivity contribution is 9.09. The smallest absolute Gasteiger partial charge is 0.330 e. The van der Waals surface area contributed by atoms with Crippen LogP contribution < -0.4 is 0 Å². The summed E-state index contributed by atoms with van der Waals surface area (Å²) >= 11 is 3.41. The monoisotopic (exact) mass is 282 g/mol. The van der Waals surface area contributed by atoms with Crippen molar-refractivity contribution in [1.29, 1.82) is 0 Å². The number of hydrogen-bond donors (Lipinski definition) is 0. The fourth-order valence-corrected chi connectivity index (χ4v) is 1.69. The number of aryl methyl sites for hydroxylation is 1. The van der Waals surface area contributed by atoms with Crippen LogP contribution in [0.3, 0.4) is 0 Å². The second-order valence-electron chi connectivity index (χ2n) is 3.35. The molecule has 0 unspecified atom stereocenters. The number of hydrogen-bond acceptors (Lipinski definition) is 2. The topological polar surface area (TPSA) is 26.3 Å². The van der Waals surface area contributed by atoms with Gasteiger partial charge in [0.05, 0.1) is 7.11 Å². The fraction of sp³-hybridized carbons (Fsp3) is 0.308. The molecule has 16 heavy (non-hydrogen) atoms. The lowest BCUT2D eigenvalue weighted by molar-refractivity contribution is -0.134. The van der Waals surface area contributed by atoms with Gasteiger partial charge in [0.2, 0.25) is 0 Å². The van der Waals surface area contributed by atoms with Crippen molar-refractivity contribution in [2.24, 2.45) is 0 Å². The molecule has 0 aliphatic rings. The van der Waals surface area contributed by atoms with Crippen LogP contribution in [0.25, 0.3) is 6.08 Å². The minimum absolute atomic E-state index is 0.324. The first-order valence-electron chi connectivity index (χ1n) is 5.18. The first kappa shape index (κ1) is 13.0. The van der Waals surface area contributed by atoms with Crippen molar-refractivity contribution in [1.82, 2.24) is 0 Å². The van der Waals surface area contributed by atoms with E-state index >= 15 is 0 Å². The minimum Gasteiger partial charge on any atom is -0.466 e. The zero-order valence-electron chi connectivity index (χ0n) is 9.28. The highest BCUT2D eigenvalue weighted by Crippen LogP contribution is 2.13. The highest BCUT2D eigenvalue weighted by atomic mass is 79.9. The zero-order valence-corrected chi connectivity index (χ0v) is 10.9. The summed E-state index contributed by atoms with van der Waals surface area (Å²) in [7, 11) is 1.38. The molecule has 0 heterocycles. The molecule has 0 amide bonds. The molecular formula is C13H15BrO2. The summed E-state index contributed by atoms with van der Waals surface area (Å²) in [6, 6.07) is 8.07. The van der Waals surface area contributed by atoms with E-state index in [0.29, 0.717) is 0 Å². The van der Waals surface area contributed by atoms with Crippen LogP contribution in [0.2, 0.25) is 0 Å². The number of halogens is 1. The van der Waals surface area contributed by atoms with Gasteiger partial charge in [0.15, 0.2) is 0 Å². The number of benzene rings is 1. The first-order valence-corrected chi connectivity index (χ1v) is 6.30. The van der Waals surface area contributed by atoms with E-state index in [2.05, 4.69) is 26.7 Å². The van der Waals surface area contributed by atoms with Gasteiger partial charge in [0.1, 0.15) is 0 Å². The van der Waals surface area contributed by atoms with Crippen molar-refractivity contribution < 1.29 is 9.53 Å². The molecule has 1 aromatic rings. The molecule has 1 aromatic carbocycles. The van der Waals surface area contributed by atoms with Crippen molar-refractivity contribution in [3.8, 4) is 0 Å². The molecule has 0 spiro atoms. The van der Waals surface area contributed by atoms with Gasteiger partial charge >= 0.3 is 5.97 Å². The second kappa shape index (κ2) is 7.23. The summed E-state index contributed by atoms with van der Waals surface area (Å²) < 4.78 is 4.56. The van der Waals surface area contributed by atoms with E-state index in [-0.39, 0.29) is 5.97 Å². The molecule has 1 rings (SSSR count). The molecule has 0 N–H and O–H groups in total. The predicted molar refractivity (Wildman–Crippen MR) is 69.6 cm³/mol. The molecule has 2 nitrogen and oxygen atoms in total. The highest BCUT2D eigenvalue weighted by Gasteiger charge is 1.99. The second-order valence-corrected chi connectivity index (χ2v) is 4.14. The Hall–Kier alpha value is -1.09. The van der Waals surface area contributed by atoms with E-state index in [1.165, 1.54) is 18.7 Å². The molecule has 3 heteroatoms. The summed E-state index contributed by atoms with van der Waals surface area (Å²) in [6.07, 6.45) is 5.35. The van der Waals surface area contributed by atoms with E-state index < -0.39 is 0 Å². The summed E-state index contributed by atoms with van der Waals surface area (Å²) in [5.41, 5.74) is 2.33. The Morgan fingerprint density at radius 2 is 2.19 bits per heavy atom. The van der Waals surface area contributed by atoms with Crippen molar-refractivity contribution in [3.05, 3.63) is 41.5 Å². The van der Waals surface area contributed by atoms with Crippen LogP contribution in [-0.4, -0.2) is 18.4 Å². The Bertz CT molecular complexity index is 372. The van der Waals surface area contributed by atoms with E-state index in [9.17, 15) is 4.79 Å². The third-order valence-electron chi connectivity index (χ3n) is 2.23. The van der Waals surface area contributed by atoms with Crippen LogP contribution in [0.1, 0.15) is 17.5 Å². The van der Waals surface area contributed by atoms with Gasteiger partial charge < -0.3 is 4.74 Å². The molecule has 0 fully saturated rings. The standard InChI is InChI=1S/C13H15BrO2/c1-16-13(15)9-8-12-6-3-2-5-11(12)7-4-10-14/h2-3,5-6,8-9H,4,7,10H2,1H3/b9-8+. The maximum atomic E-state index is 11.0. The largest absolute Gasteiger partial charge is 0.466 e. The first-order chi connectivity index (χ1) is 7.77. The predicted octanol–water partition coefficient (Wildman–Crippen LogP) is 3.20. The van der Waals surface area contributed by atoms with Gasteiger partial charge in [-0.2, -0.15) is 0 Å². The molecule has 0 bridgehead atoms. The maximum absolute atomic E-state index is 11.0. The van der Waals surface area contributed by atoms with E-state index in [1.54, 1.807) is 6.08 Å². The lowest BCUT2D eigenvalue weighted by Gasteiger charge is -2.04. The Kier molecular flexibility index (Phi) is 5.86. The number of carbonyl (C=O) groups excluding carboxylic acids is 1. The lowest BCUT2D eigenvalue weighted by atomic mass is 10.0. The lowest BCUT2D eigenvalue weighted by Crippen LogP contribution is -1.95. The van der Waals surface area contributed by atoms with E-state index in [4.69, 9.17) is 0 Å². The van der Waals surface area contributed by atoms with Gasteiger partial charge in [0, 0.05) is 11.4 Å². The molecule has 86 valence electrons. The van der Waals surface area contributed by atoms with Crippen molar-refractivity contribution in [3.63, 3.8) is 0 Å². The number of rotatable bonds is 5. The van der Waals surface area contributed by atoms with Crippen LogP contribution >= 0.6 is 15.9 Å². The molecule has 0 aliphatic heterocycles. The van der Waals surface area contributed by atoms with E-state index in [1.807, 2.05) is 18.2 Å². The Morgan fingerprint density at radius 3 is 2.88 bits per heavy atom. The number of alkyl halides is 1. The van der Waals surface area contributed by atoms with Gasteiger partial charge in [-0.15, -0.1) is 0 Å². The third-order valence-corrected chi connectivity index (χ3v) is 2.80. The van der Waals surface area contributed by atoms with Gasteiger partial charge in [-0.05, 0) is 30.0 Å². The number of ether oxygens (including phenoxy) is 1. The average Bonchev–Trinajstić information content (AvgIpc) is 2.34. The average molecular weight is 283 g/mol. The summed E-state index contributed by atoms with van der Waals surface area (Å²) in [5.74, 6) is -0.324. The summed E-state index contributed by atoms with van der Waals surface area (Å²) in [6.45, 7) is 0. The number of carbonyl (C=O) groups is 1. The fourth-order valence-electron chi connectivity index (χ4n) is 1.41. The van der Waals surface area contributed by atoms with Gasteiger partial charge in [0.25, 0.3) is 0 Å². The zero-order chi connectivity index (χ0) is 11.8. The van der Waals surface area contributed by atoms with Crippen LogP contribution in [0.5, 0.6) is 0 Å².